The van der Waals surface area contributed by atoms with E-state index < -0.39 is 23.7 Å². The Morgan fingerprint density at radius 1 is 1.45 bits per heavy atom. The number of piperidine rings is 1. The molecule has 1 aromatic carbocycles. The van der Waals surface area contributed by atoms with Crippen molar-refractivity contribution in [3.05, 3.63) is 29.6 Å². The summed E-state index contributed by atoms with van der Waals surface area (Å²) >= 11 is 0. The van der Waals surface area contributed by atoms with Crippen molar-refractivity contribution >= 4 is 23.4 Å². The van der Waals surface area contributed by atoms with Crippen LogP contribution in [0.15, 0.2) is 18.2 Å². The second kappa shape index (κ2) is 5.28. The van der Waals surface area contributed by atoms with Crippen molar-refractivity contribution in [2.24, 2.45) is 0 Å². The summed E-state index contributed by atoms with van der Waals surface area (Å²) < 4.78 is 13.3. The number of carbonyl (C=O) groups excluding carboxylic acids is 3. The average Bonchev–Trinajstić information content (AvgIpc) is 2.42. The highest BCUT2D eigenvalue weighted by Gasteiger charge is 2.33. The number of benzene rings is 1. The summed E-state index contributed by atoms with van der Waals surface area (Å²) in [7, 11) is 1.36. The van der Waals surface area contributed by atoms with Gasteiger partial charge in [0.25, 0.3) is 11.8 Å². The fourth-order valence-electron chi connectivity index (χ4n) is 2.02. The van der Waals surface area contributed by atoms with Gasteiger partial charge in [-0.25, -0.2) is 4.39 Å². The number of hydrogen-bond donors (Lipinski definition) is 2. The normalized spacial score (nSPS) is 19.1. The molecule has 20 heavy (non-hydrogen) atoms. The van der Waals surface area contributed by atoms with E-state index in [9.17, 15) is 18.8 Å². The first kappa shape index (κ1) is 14.0. The second-order valence-electron chi connectivity index (χ2n) is 4.56. The summed E-state index contributed by atoms with van der Waals surface area (Å²) in [5.41, 5.74) is 5.19. The number of nitrogens with zero attached hydrogens (tertiary/aromatic N) is 1. The molecule has 1 fully saturated rings. The number of likely N-dealkylation sites (tertiary alicyclic amines) is 1. The zero-order chi connectivity index (χ0) is 14.9. The number of anilines is 1. The summed E-state index contributed by atoms with van der Waals surface area (Å²) in [4.78, 5) is 36.1. The van der Waals surface area contributed by atoms with Crippen LogP contribution in [0.1, 0.15) is 23.2 Å². The molecule has 1 saturated heterocycles. The molecule has 3 amide bonds. The summed E-state index contributed by atoms with van der Waals surface area (Å²) in [5, 5.41) is 2.47. The first-order valence-corrected chi connectivity index (χ1v) is 6.07. The molecule has 0 radical (unpaired) electrons. The van der Waals surface area contributed by atoms with Crippen molar-refractivity contribution in [2.75, 3.05) is 12.8 Å². The minimum atomic E-state index is -0.798. The number of carbonyl (C=O) groups is 3. The maximum Gasteiger partial charge on any atom is 0.254 e. The molecule has 1 aromatic rings. The van der Waals surface area contributed by atoms with Crippen LogP contribution in [-0.4, -0.2) is 35.7 Å². The van der Waals surface area contributed by atoms with Crippen LogP contribution < -0.4 is 11.1 Å². The Bertz CT molecular complexity index is 588. The van der Waals surface area contributed by atoms with E-state index in [-0.39, 0.29) is 30.0 Å². The molecular weight excluding hydrogens is 265 g/mol. The number of hydrogen-bond acceptors (Lipinski definition) is 4. The van der Waals surface area contributed by atoms with Crippen LogP contribution in [0.3, 0.4) is 0 Å². The molecule has 0 bridgehead atoms. The molecule has 1 aliphatic heterocycles. The van der Waals surface area contributed by atoms with Gasteiger partial charge in [-0.15, -0.1) is 0 Å². The SMILES string of the molecule is CN1C(=O)CCC(NC(=O)c2cccc(F)c2N)C1=O. The Hall–Kier alpha value is -2.44. The number of rotatable bonds is 2. The lowest BCUT2D eigenvalue weighted by Gasteiger charge is -2.28. The van der Waals surface area contributed by atoms with Gasteiger partial charge >= 0.3 is 0 Å². The van der Waals surface area contributed by atoms with Crippen LogP contribution in [0.2, 0.25) is 0 Å². The Balaban J connectivity index is 2.14. The van der Waals surface area contributed by atoms with E-state index in [1.54, 1.807) is 0 Å². The standard InChI is InChI=1S/C13H14FN3O3/c1-17-10(18)6-5-9(13(17)20)16-12(19)7-3-2-4-8(14)11(7)15/h2-4,9H,5-6,15H2,1H3,(H,16,19). The van der Waals surface area contributed by atoms with Gasteiger partial charge in [0.15, 0.2) is 0 Å². The largest absolute Gasteiger partial charge is 0.396 e. The second-order valence-corrected chi connectivity index (χ2v) is 4.56. The number of imide groups is 1. The summed E-state index contributed by atoms with van der Waals surface area (Å²) in [5.74, 6) is -2.10. The Morgan fingerprint density at radius 2 is 2.15 bits per heavy atom. The number of likely N-dealkylation sites (N-methyl/N-ethyl adjacent to an activating group) is 1. The molecule has 0 aliphatic carbocycles. The van der Waals surface area contributed by atoms with Gasteiger partial charge in [-0.3, -0.25) is 19.3 Å². The summed E-state index contributed by atoms with van der Waals surface area (Å²) in [6.45, 7) is 0. The van der Waals surface area contributed by atoms with Crippen LogP contribution in [0, 0.1) is 5.82 Å². The Labute approximate surface area is 114 Å². The molecule has 0 aromatic heterocycles. The van der Waals surface area contributed by atoms with E-state index in [0.29, 0.717) is 0 Å². The van der Waals surface area contributed by atoms with Crippen molar-refractivity contribution < 1.29 is 18.8 Å². The fourth-order valence-corrected chi connectivity index (χ4v) is 2.02. The van der Waals surface area contributed by atoms with Gasteiger partial charge in [0.1, 0.15) is 11.9 Å². The van der Waals surface area contributed by atoms with Crippen molar-refractivity contribution in [1.82, 2.24) is 10.2 Å². The van der Waals surface area contributed by atoms with Crippen LogP contribution in [0.25, 0.3) is 0 Å². The van der Waals surface area contributed by atoms with Crippen molar-refractivity contribution in [1.29, 1.82) is 0 Å². The first-order chi connectivity index (χ1) is 9.41. The third kappa shape index (κ3) is 2.47. The number of para-hydroxylation sites is 1. The van der Waals surface area contributed by atoms with E-state index in [1.165, 1.54) is 19.2 Å². The van der Waals surface area contributed by atoms with Crippen LogP contribution in [0.4, 0.5) is 10.1 Å². The predicted octanol–water partition coefficient (Wildman–Crippen LogP) is 0.285. The molecule has 106 valence electrons. The van der Waals surface area contributed by atoms with Gasteiger partial charge in [-0.2, -0.15) is 0 Å². The lowest BCUT2D eigenvalue weighted by Crippen LogP contribution is -2.53. The Kier molecular flexibility index (Phi) is 3.69. The van der Waals surface area contributed by atoms with E-state index >= 15 is 0 Å². The molecule has 6 nitrogen and oxygen atoms in total. The van der Waals surface area contributed by atoms with Gasteiger partial charge in [0.2, 0.25) is 5.91 Å². The third-order valence-electron chi connectivity index (χ3n) is 3.25. The zero-order valence-corrected chi connectivity index (χ0v) is 10.9. The minimum Gasteiger partial charge on any atom is -0.396 e. The van der Waals surface area contributed by atoms with E-state index in [2.05, 4.69) is 5.32 Å². The molecular formula is C13H14FN3O3. The van der Waals surface area contributed by atoms with Crippen molar-refractivity contribution in [3.8, 4) is 0 Å². The first-order valence-electron chi connectivity index (χ1n) is 6.07. The zero-order valence-electron chi connectivity index (χ0n) is 10.9. The number of nitrogens with one attached hydrogen (secondary N) is 1. The predicted molar refractivity (Wildman–Crippen MR) is 69.1 cm³/mol. The van der Waals surface area contributed by atoms with Gasteiger partial charge in [-0.1, -0.05) is 6.07 Å². The smallest absolute Gasteiger partial charge is 0.254 e. The number of nitrogen functional groups attached to an aromatic ring is 1. The fraction of sp³-hybridized carbons (Fsp3) is 0.308. The third-order valence-corrected chi connectivity index (χ3v) is 3.25. The van der Waals surface area contributed by atoms with Crippen molar-refractivity contribution in [2.45, 2.75) is 18.9 Å². The molecule has 1 unspecified atom stereocenters. The molecule has 0 saturated carbocycles. The van der Waals surface area contributed by atoms with Gasteiger partial charge in [-0.05, 0) is 18.6 Å². The quantitative estimate of drug-likeness (QED) is 0.601. The highest BCUT2D eigenvalue weighted by molar-refractivity contribution is 6.05. The monoisotopic (exact) mass is 279 g/mol. The molecule has 0 spiro atoms. The van der Waals surface area contributed by atoms with Gasteiger partial charge < -0.3 is 11.1 Å². The number of halogens is 1. The summed E-state index contributed by atoms with van der Waals surface area (Å²) in [6, 6.07) is 3.08. The number of amides is 3. The van der Waals surface area contributed by atoms with E-state index in [0.717, 1.165) is 11.0 Å². The Morgan fingerprint density at radius 3 is 2.85 bits per heavy atom. The molecule has 1 aliphatic rings. The van der Waals surface area contributed by atoms with Gasteiger partial charge in [0, 0.05) is 13.5 Å². The van der Waals surface area contributed by atoms with E-state index in [1.807, 2.05) is 0 Å². The average molecular weight is 279 g/mol. The molecule has 7 heteroatoms. The van der Waals surface area contributed by atoms with Crippen LogP contribution >= 0.6 is 0 Å². The van der Waals surface area contributed by atoms with Gasteiger partial charge in [0.05, 0.1) is 11.3 Å². The summed E-state index contributed by atoms with van der Waals surface area (Å²) in [6.07, 6.45) is 0.398. The molecule has 1 heterocycles. The highest BCUT2D eigenvalue weighted by atomic mass is 19.1. The lowest BCUT2D eigenvalue weighted by molar-refractivity contribution is -0.147. The minimum absolute atomic E-state index is 0.0302. The molecule has 1 atom stereocenters. The number of nitrogens with two attached hydrogens (primary N) is 1. The van der Waals surface area contributed by atoms with Crippen LogP contribution in [0.5, 0.6) is 0 Å². The molecule has 3 N–H and O–H groups in total. The highest BCUT2D eigenvalue weighted by Crippen LogP contribution is 2.17. The topological polar surface area (TPSA) is 92.5 Å². The lowest BCUT2D eigenvalue weighted by atomic mass is 10.0. The maximum absolute atomic E-state index is 13.3. The molecule has 2 rings (SSSR count). The van der Waals surface area contributed by atoms with Crippen molar-refractivity contribution in [3.63, 3.8) is 0 Å². The van der Waals surface area contributed by atoms with E-state index in [4.69, 9.17) is 5.73 Å². The van der Waals surface area contributed by atoms with Crippen LogP contribution in [-0.2, 0) is 9.59 Å². The maximum atomic E-state index is 13.3.